The van der Waals surface area contributed by atoms with Crippen molar-refractivity contribution in [1.82, 2.24) is 4.98 Å². The van der Waals surface area contributed by atoms with Gasteiger partial charge < -0.3 is 0 Å². The van der Waals surface area contributed by atoms with E-state index in [1.807, 2.05) is 6.92 Å². The second kappa shape index (κ2) is 3.71. The first-order chi connectivity index (χ1) is 5.79. The van der Waals surface area contributed by atoms with Crippen molar-refractivity contribution in [1.29, 1.82) is 0 Å². The maximum Gasteiger partial charge on any atom is 0.132 e. The highest BCUT2D eigenvalue weighted by molar-refractivity contribution is 5.85. The van der Waals surface area contributed by atoms with Gasteiger partial charge in [-0.05, 0) is 30.7 Å². The topological polar surface area (TPSA) is 12.9 Å². The highest BCUT2D eigenvalue weighted by Crippen LogP contribution is 2.18. The van der Waals surface area contributed by atoms with E-state index in [-0.39, 0.29) is 18.2 Å². The maximum absolute atomic E-state index is 13.1. The number of rotatable bonds is 0. The van der Waals surface area contributed by atoms with Gasteiger partial charge in [-0.3, -0.25) is 4.98 Å². The Balaban J connectivity index is 0.000000845. The van der Waals surface area contributed by atoms with E-state index in [0.29, 0.717) is 5.39 Å². The third kappa shape index (κ3) is 1.63. The highest BCUT2D eigenvalue weighted by atomic mass is 35.5. The first-order valence-electron chi connectivity index (χ1n) is 3.79. The van der Waals surface area contributed by atoms with Crippen LogP contribution in [0, 0.1) is 12.7 Å². The zero-order valence-corrected chi connectivity index (χ0v) is 7.94. The number of hydrogen-bond donors (Lipinski definition) is 0. The average Bonchev–Trinajstić information content (AvgIpc) is 2.12. The van der Waals surface area contributed by atoms with E-state index in [1.54, 1.807) is 24.4 Å². The molecule has 0 N–H and O–H groups in total. The van der Waals surface area contributed by atoms with Crippen LogP contribution in [0.5, 0.6) is 0 Å². The van der Waals surface area contributed by atoms with Gasteiger partial charge in [-0.25, -0.2) is 4.39 Å². The fraction of sp³-hybridized carbons (Fsp3) is 0.100. The van der Waals surface area contributed by atoms with Crippen LogP contribution in [0.25, 0.3) is 10.9 Å². The molecule has 0 spiro atoms. The summed E-state index contributed by atoms with van der Waals surface area (Å²) in [7, 11) is 0. The van der Waals surface area contributed by atoms with Gasteiger partial charge in [0, 0.05) is 11.6 Å². The second-order valence-corrected chi connectivity index (χ2v) is 2.76. The van der Waals surface area contributed by atoms with Crippen molar-refractivity contribution >= 4 is 23.3 Å². The van der Waals surface area contributed by atoms with Crippen LogP contribution in [0.2, 0.25) is 0 Å². The number of pyridine rings is 1. The summed E-state index contributed by atoms with van der Waals surface area (Å²) in [6.45, 7) is 1.93. The molecular weight excluding hydrogens is 189 g/mol. The number of aromatic nitrogens is 1. The van der Waals surface area contributed by atoms with E-state index in [9.17, 15) is 4.39 Å². The van der Waals surface area contributed by atoms with Crippen molar-refractivity contribution in [3.63, 3.8) is 0 Å². The highest BCUT2D eigenvalue weighted by Gasteiger charge is 2.01. The smallest absolute Gasteiger partial charge is 0.132 e. The zero-order valence-electron chi connectivity index (χ0n) is 7.12. The SMILES string of the molecule is Cc1ccc(F)c2cccnc12.Cl. The van der Waals surface area contributed by atoms with Gasteiger partial charge in [-0.15, -0.1) is 12.4 Å². The number of aryl methyl sites for hydroxylation is 1. The Morgan fingerprint density at radius 1 is 1.23 bits per heavy atom. The van der Waals surface area contributed by atoms with Crippen LogP contribution in [0.4, 0.5) is 4.39 Å². The molecule has 0 amide bonds. The Labute approximate surface area is 82.0 Å². The molecule has 2 rings (SSSR count). The van der Waals surface area contributed by atoms with Gasteiger partial charge in [0.25, 0.3) is 0 Å². The molecule has 0 radical (unpaired) electrons. The fourth-order valence-electron chi connectivity index (χ4n) is 1.28. The van der Waals surface area contributed by atoms with Crippen LogP contribution in [-0.4, -0.2) is 4.98 Å². The van der Waals surface area contributed by atoms with Gasteiger partial charge in [0.05, 0.1) is 5.52 Å². The Morgan fingerprint density at radius 2 is 2.00 bits per heavy atom. The minimum Gasteiger partial charge on any atom is -0.256 e. The van der Waals surface area contributed by atoms with Crippen molar-refractivity contribution in [2.24, 2.45) is 0 Å². The minimum atomic E-state index is -0.205. The molecule has 1 heterocycles. The summed E-state index contributed by atoms with van der Waals surface area (Å²) >= 11 is 0. The quantitative estimate of drug-likeness (QED) is 0.633. The summed E-state index contributed by atoms with van der Waals surface area (Å²) in [5.41, 5.74) is 1.75. The molecule has 0 aliphatic carbocycles. The summed E-state index contributed by atoms with van der Waals surface area (Å²) in [5, 5.41) is 0.595. The molecule has 0 bridgehead atoms. The third-order valence-electron chi connectivity index (χ3n) is 1.92. The van der Waals surface area contributed by atoms with E-state index in [2.05, 4.69) is 4.98 Å². The lowest BCUT2D eigenvalue weighted by atomic mass is 10.1. The van der Waals surface area contributed by atoms with Crippen molar-refractivity contribution in [3.05, 3.63) is 41.8 Å². The van der Waals surface area contributed by atoms with Crippen LogP contribution in [-0.2, 0) is 0 Å². The van der Waals surface area contributed by atoms with Gasteiger partial charge in [-0.1, -0.05) is 6.07 Å². The lowest BCUT2D eigenvalue weighted by Gasteiger charge is -2.00. The Bertz CT molecular complexity index is 388. The van der Waals surface area contributed by atoms with Crippen LogP contribution in [0.3, 0.4) is 0 Å². The summed E-state index contributed by atoms with van der Waals surface area (Å²) in [6, 6.07) is 6.69. The molecular formula is C10H9ClFN. The number of nitrogens with zero attached hydrogens (tertiary/aromatic N) is 1. The van der Waals surface area contributed by atoms with Crippen LogP contribution < -0.4 is 0 Å². The summed E-state index contributed by atoms with van der Waals surface area (Å²) in [6.07, 6.45) is 1.68. The van der Waals surface area contributed by atoms with E-state index in [0.717, 1.165) is 11.1 Å². The average molecular weight is 198 g/mol. The Hall–Kier alpha value is -1.15. The molecule has 3 heteroatoms. The molecule has 0 atom stereocenters. The first kappa shape index (κ1) is 9.93. The maximum atomic E-state index is 13.1. The van der Waals surface area contributed by atoms with Gasteiger partial charge in [0.1, 0.15) is 5.82 Å². The second-order valence-electron chi connectivity index (χ2n) is 2.76. The fourth-order valence-corrected chi connectivity index (χ4v) is 1.28. The lowest BCUT2D eigenvalue weighted by molar-refractivity contribution is 0.639. The van der Waals surface area contributed by atoms with E-state index >= 15 is 0 Å². The molecule has 68 valence electrons. The van der Waals surface area contributed by atoms with E-state index in [1.165, 1.54) is 6.07 Å². The zero-order chi connectivity index (χ0) is 8.55. The molecule has 13 heavy (non-hydrogen) atoms. The summed E-state index contributed by atoms with van der Waals surface area (Å²) in [5.74, 6) is -0.205. The van der Waals surface area contributed by atoms with Crippen molar-refractivity contribution in [2.75, 3.05) is 0 Å². The largest absolute Gasteiger partial charge is 0.256 e. The summed E-state index contributed by atoms with van der Waals surface area (Å²) in [4.78, 5) is 4.10. The van der Waals surface area contributed by atoms with Gasteiger partial charge >= 0.3 is 0 Å². The van der Waals surface area contributed by atoms with Gasteiger partial charge in [0.15, 0.2) is 0 Å². The Morgan fingerprint density at radius 3 is 2.69 bits per heavy atom. The molecule has 1 aromatic carbocycles. The van der Waals surface area contributed by atoms with Crippen LogP contribution in [0.15, 0.2) is 30.5 Å². The number of halogens is 2. The molecule has 0 aliphatic heterocycles. The number of fused-ring (bicyclic) bond motifs is 1. The lowest BCUT2D eigenvalue weighted by Crippen LogP contribution is -1.85. The predicted molar refractivity (Wildman–Crippen MR) is 53.7 cm³/mol. The monoisotopic (exact) mass is 197 g/mol. The normalized spacial score (nSPS) is 9.69. The molecule has 0 saturated heterocycles. The summed E-state index contributed by atoms with van der Waals surface area (Å²) < 4.78 is 13.1. The Kier molecular flexibility index (Phi) is 2.83. The van der Waals surface area contributed by atoms with Crippen LogP contribution in [0.1, 0.15) is 5.56 Å². The molecule has 0 saturated carbocycles. The van der Waals surface area contributed by atoms with Crippen molar-refractivity contribution in [2.45, 2.75) is 6.92 Å². The molecule has 1 aromatic heterocycles. The van der Waals surface area contributed by atoms with Crippen LogP contribution >= 0.6 is 12.4 Å². The van der Waals surface area contributed by atoms with Crippen molar-refractivity contribution in [3.8, 4) is 0 Å². The predicted octanol–water partition coefficient (Wildman–Crippen LogP) is 3.10. The number of benzene rings is 1. The van der Waals surface area contributed by atoms with Gasteiger partial charge in [0.2, 0.25) is 0 Å². The van der Waals surface area contributed by atoms with Crippen molar-refractivity contribution < 1.29 is 4.39 Å². The first-order valence-corrected chi connectivity index (χ1v) is 3.79. The molecule has 0 unspecified atom stereocenters. The van der Waals surface area contributed by atoms with E-state index < -0.39 is 0 Å². The molecule has 0 aliphatic rings. The minimum absolute atomic E-state index is 0. The van der Waals surface area contributed by atoms with Gasteiger partial charge in [-0.2, -0.15) is 0 Å². The number of hydrogen-bond acceptors (Lipinski definition) is 1. The third-order valence-corrected chi connectivity index (χ3v) is 1.92. The molecule has 2 aromatic rings. The molecule has 0 fully saturated rings. The van der Waals surface area contributed by atoms with E-state index in [4.69, 9.17) is 0 Å². The molecule has 1 nitrogen and oxygen atoms in total. The standard InChI is InChI=1S/C10H8FN.ClH/c1-7-4-5-9(11)8-3-2-6-12-10(7)8;/h2-6H,1H3;1H.